The Morgan fingerprint density at radius 1 is 1.04 bits per heavy atom. The van der Waals surface area contributed by atoms with E-state index in [0.29, 0.717) is 16.9 Å². The highest BCUT2D eigenvalue weighted by molar-refractivity contribution is 5.98. The molecular formula is C20H21NO5. The first-order chi connectivity index (χ1) is 12.6. The van der Waals surface area contributed by atoms with E-state index in [-0.39, 0.29) is 18.9 Å². The lowest BCUT2D eigenvalue weighted by molar-refractivity contribution is -0.137. The van der Waals surface area contributed by atoms with Crippen LogP contribution in [0.5, 0.6) is 5.75 Å². The number of esters is 2. The minimum atomic E-state index is -0.562. The van der Waals surface area contributed by atoms with Crippen molar-refractivity contribution < 1.29 is 23.8 Å². The van der Waals surface area contributed by atoms with Crippen LogP contribution in [-0.4, -0.2) is 37.2 Å². The van der Waals surface area contributed by atoms with Crippen molar-refractivity contribution in [1.29, 1.82) is 0 Å². The van der Waals surface area contributed by atoms with Gasteiger partial charge < -0.3 is 14.2 Å². The molecule has 0 N–H and O–H groups in total. The normalized spacial score (nSPS) is 10.6. The third kappa shape index (κ3) is 4.47. The molecule has 0 amide bonds. The first-order valence-corrected chi connectivity index (χ1v) is 8.26. The number of hydrogen-bond donors (Lipinski definition) is 0. The summed E-state index contributed by atoms with van der Waals surface area (Å²) in [6, 6.07) is 9.15. The van der Waals surface area contributed by atoms with Gasteiger partial charge in [-0.15, -0.1) is 0 Å². The first kappa shape index (κ1) is 19.2. The molecule has 1 heterocycles. The van der Waals surface area contributed by atoms with Crippen LogP contribution in [0.4, 0.5) is 0 Å². The van der Waals surface area contributed by atoms with Gasteiger partial charge in [0.1, 0.15) is 5.75 Å². The Balaban J connectivity index is 2.62. The average molecular weight is 355 g/mol. The maximum atomic E-state index is 12.3. The summed E-state index contributed by atoms with van der Waals surface area (Å²) in [5, 5.41) is 0. The molecule has 0 atom stereocenters. The number of ether oxygens (including phenoxy) is 3. The van der Waals surface area contributed by atoms with Gasteiger partial charge in [-0.3, -0.25) is 0 Å². The lowest BCUT2D eigenvalue weighted by atomic mass is 9.97. The summed E-state index contributed by atoms with van der Waals surface area (Å²) in [6.45, 7) is 3.93. The van der Waals surface area contributed by atoms with E-state index in [1.165, 1.54) is 18.3 Å². The molecule has 0 aliphatic rings. The maximum absolute atomic E-state index is 12.3. The summed E-state index contributed by atoms with van der Waals surface area (Å²) in [6.07, 6.45) is 4.30. The van der Waals surface area contributed by atoms with Gasteiger partial charge in [0.05, 0.1) is 20.3 Å². The monoisotopic (exact) mass is 355 g/mol. The fourth-order valence-electron chi connectivity index (χ4n) is 2.45. The second-order valence-corrected chi connectivity index (χ2v) is 5.13. The largest absolute Gasteiger partial charge is 0.496 e. The number of aromatic nitrogens is 1. The number of hydrogen-bond acceptors (Lipinski definition) is 6. The molecule has 0 unspecified atom stereocenters. The Labute approximate surface area is 152 Å². The van der Waals surface area contributed by atoms with E-state index in [0.717, 1.165) is 5.56 Å². The number of benzene rings is 1. The average Bonchev–Trinajstić information content (AvgIpc) is 2.66. The molecule has 0 aliphatic heterocycles. The minimum Gasteiger partial charge on any atom is -0.496 e. The number of rotatable bonds is 7. The molecule has 136 valence electrons. The molecule has 6 nitrogen and oxygen atoms in total. The summed E-state index contributed by atoms with van der Waals surface area (Å²) in [4.78, 5) is 28.2. The number of pyridine rings is 1. The molecule has 26 heavy (non-hydrogen) atoms. The lowest BCUT2D eigenvalue weighted by Crippen LogP contribution is -2.10. The molecule has 1 aromatic heterocycles. The van der Waals surface area contributed by atoms with Gasteiger partial charge in [-0.05, 0) is 37.6 Å². The lowest BCUT2D eigenvalue weighted by Gasteiger charge is -2.13. The van der Waals surface area contributed by atoms with Crippen molar-refractivity contribution in [2.45, 2.75) is 13.8 Å². The molecule has 0 saturated heterocycles. The van der Waals surface area contributed by atoms with Crippen molar-refractivity contribution in [1.82, 2.24) is 4.98 Å². The van der Waals surface area contributed by atoms with E-state index in [1.807, 2.05) is 24.3 Å². The maximum Gasteiger partial charge on any atom is 0.357 e. The second kappa shape index (κ2) is 9.36. The van der Waals surface area contributed by atoms with Gasteiger partial charge in [0.25, 0.3) is 0 Å². The number of nitrogens with zero attached hydrogens (tertiary/aromatic N) is 1. The zero-order valence-electron chi connectivity index (χ0n) is 15.0. The number of carbonyl (C=O) groups is 2. The van der Waals surface area contributed by atoms with Crippen LogP contribution < -0.4 is 4.74 Å². The van der Waals surface area contributed by atoms with E-state index < -0.39 is 11.9 Å². The third-order valence-corrected chi connectivity index (χ3v) is 3.53. The van der Waals surface area contributed by atoms with E-state index in [1.54, 1.807) is 27.0 Å². The molecule has 0 spiro atoms. The van der Waals surface area contributed by atoms with Crippen LogP contribution in [0.1, 0.15) is 29.9 Å². The molecule has 0 bridgehead atoms. The summed E-state index contributed by atoms with van der Waals surface area (Å²) < 4.78 is 15.4. The molecule has 6 heteroatoms. The summed E-state index contributed by atoms with van der Waals surface area (Å²) in [5.41, 5.74) is 2.05. The van der Waals surface area contributed by atoms with Gasteiger partial charge in [-0.2, -0.15) is 0 Å². The molecular weight excluding hydrogens is 334 g/mol. The van der Waals surface area contributed by atoms with Crippen molar-refractivity contribution in [3.8, 4) is 16.9 Å². The van der Waals surface area contributed by atoms with Crippen molar-refractivity contribution in [2.24, 2.45) is 0 Å². The van der Waals surface area contributed by atoms with Crippen molar-refractivity contribution >= 4 is 18.0 Å². The Bertz CT molecular complexity index is 814. The van der Waals surface area contributed by atoms with Crippen LogP contribution in [-0.2, 0) is 14.3 Å². The van der Waals surface area contributed by atoms with Gasteiger partial charge in [0.15, 0.2) is 5.69 Å². The third-order valence-electron chi connectivity index (χ3n) is 3.53. The minimum absolute atomic E-state index is 0.121. The summed E-state index contributed by atoms with van der Waals surface area (Å²) in [7, 11) is 1.57. The van der Waals surface area contributed by atoms with Crippen molar-refractivity contribution in [2.75, 3.05) is 20.3 Å². The highest BCUT2D eigenvalue weighted by Gasteiger charge is 2.19. The molecule has 0 radical (unpaired) electrons. The standard InChI is InChI=1S/C20H21NO5/c1-4-25-18(22)11-10-16-14(15-8-6-7-9-17(15)24-3)12-13-21-19(16)20(23)26-5-2/h6-13H,4-5H2,1-3H3/b11-10+. The van der Waals surface area contributed by atoms with Crippen LogP contribution in [0.25, 0.3) is 17.2 Å². The van der Waals surface area contributed by atoms with E-state index in [4.69, 9.17) is 14.2 Å². The molecule has 0 aliphatic carbocycles. The number of methoxy groups -OCH3 is 1. The predicted molar refractivity (Wildman–Crippen MR) is 97.8 cm³/mol. The first-order valence-electron chi connectivity index (χ1n) is 8.26. The van der Waals surface area contributed by atoms with Crippen LogP contribution in [0, 0.1) is 0 Å². The zero-order chi connectivity index (χ0) is 18.9. The van der Waals surface area contributed by atoms with Crippen molar-refractivity contribution in [3.05, 3.63) is 53.9 Å². The number of carbonyl (C=O) groups excluding carboxylic acids is 2. The summed E-state index contributed by atoms with van der Waals surface area (Å²) >= 11 is 0. The van der Waals surface area contributed by atoms with E-state index in [2.05, 4.69) is 4.98 Å². The quantitative estimate of drug-likeness (QED) is 0.559. The van der Waals surface area contributed by atoms with E-state index >= 15 is 0 Å². The van der Waals surface area contributed by atoms with Gasteiger partial charge in [0.2, 0.25) is 0 Å². The fourth-order valence-corrected chi connectivity index (χ4v) is 2.45. The van der Waals surface area contributed by atoms with Crippen LogP contribution in [0.2, 0.25) is 0 Å². The topological polar surface area (TPSA) is 74.7 Å². The Hall–Kier alpha value is -3.15. The highest BCUT2D eigenvalue weighted by Crippen LogP contribution is 2.33. The van der Waals surface area contributed by atoms with Gasteiger partial charge in [-0.25, -0.2) is 14.6 Å². The summed E-state index contributed by atoms with van der Waals surface area (Å²) in [5.74, 6) is -0.427. The Kier molecular flexibility index (Phi) is 6.91. The van der Waals surface area contributed by atoms with Crippen LogP contribution >= 0.6 is 0 Å². The zero-order valence-corrected chi connectivity index (χ0v) is 15.0. The molecule has 2 aromatic rings. The molecule has 2 rings (SSSR count). The second-order valence-electron chi connectivity index (χ2n) is 5.13. The highest BCUT2D eigenvalue weighted by atomic mass is 16.5. The fraction of sp³-hybridized carbons (Fsp3) is 0.250. The Morgan fingerprint density at radius 2 is 1.77 bits per heavy atom. The van der Waals surface area contributed by atoms with Gasteiger partial charge >= 0.3 is 11.9 Å². The smallest absolute Gasteiger partial charge is 0.357 e. The predicted octanol–water partition coefficient (Wildman–Crippen LogP) is 3.51. The van der Waals surface area contributed by atoms with E-state index in [9.17, 15) is 9.59 Å². The van der Waals surface area contributed by atoms with Gasteiger partial charge in [-0.1, -0.05) is 18.2 Å². The van der Waals surface area contributed by atoms with Crippen LogP contribution in [0.3, 0.4) is 0 Å². The SMILES string of the molecule is CCOC(=O)/C=C/c1c(-c2ccccc2OC)ccnc1C(=O)OCC. The molecule has 0 fully saturated rings. The Morgan fingerprint density at radius 3 is 2.46 bits per heavy atom. The molecule has 0 saturated carbocycles. The van der Waals surface area contributed by atoms with Crippen LogP contribution in [0.15, 0.2) is 42.6 Å². The number of para-hydroxylation sites is 1. The van der Waals surface area contributed by atoms with Gasteiger partial charge in [0, 0.05) is 23.4 Å². The van der Waals surface area contributed by atoms with Crippen molar-refractivity contribution in [3.63, 3.8) is 0 Å². The molecule has 1 aromatic carbocycles.